The molecule has 0 aliphatic heterocycles. The van der Waals surface area contributed by atoms with Gasteiger partial charge in [-0.1, -0.05) is 29.8 Å². The molecule has 26 heavy (non-hydrogen) atoms. The van der Waals surface area contributed by atoms with Crippen molar-refractivity contribution in [1.82, 2.24) is 10.3 Å². The van der Waals surface area contributed by atoms with Crippen LogP contribution in [0.5, 0.6) is 0 Å². The summed E-state index contributed by atoms with van der Waals surface area (Å²) in [6.45, 7) is 0.439. The summed E-state index contributed by atoms with van der Waals surface area (Å²) in [4.78, 5) is 16.2. The van der Waals surface area contributed by atoms with E-state index in [4.69, 9.17) is 11.6 Å². The molecule has 136 valence electrons. The van der Waals surface area contributed by atoms with Crippen molar-refractivity contribution in [3.8, 4) is 0 Å². The van der Waals surface area contributed by atoms with Crippen molar-refractivity contribution in [2.45, 2.75) is 10.6 Å². The zero-order valence-corrected chi connectivity index (χ0v) is 16.5. The molecular weight excluding hydrogens is 414 g/mol. The summed E-state index contributed by atoms with van der Waals surface area (Å²) in [5, 5.41) is 6.78. The van der Waals surface area contributed by atoms with Crippen molar-refractivity contribution in [2.75, 3.05) is 11.3 Å². The van der Waals surface area contributed by atoms with Gasteiger partial charge in [-0.25, -0.2) is 13.4 Å². The molecule has 0 radical (unpaired) electrons. The van der Waals surface area contributed by atoms with Crippen molar-refractivity contribution in [3.05, 3.63) is 63.4 Å². The standard InChI is InChI=1S/C16H14ClN3O3S3/c17-12-5-3-11(4-6-12)7-8-18-15(21)13-10-25-16(19-13)20-26(22,23)14-2-1-9-24-14/h1-6,9-10H,7-8H2,(H,18,21)(H,19,20). The normalized spacial score (nSPS) is 11.3. The molecule has 0 atom stereocenters. The molecule has 0 spiro atoms. The van der Waals surface area contributed by atoms with Crippen LogP contribution in [0.25, 0.3) is 0 Å². The van der Waals surface area contributed by atoms with Gasteiger partial charge in [-0.3, -0.25) is 9.52 Å². The molecule has 0 aliphatic carbocycles. The van der Waals surface area contributed by atoms with E-state index in [0.29, 0.717) is 18.0 Å². The van der Waals surface area contributed by atoms with Crippen molar-refractivity contribution in [1.29, 1.82) is 0 Å². The van der Waals surface area contributed by atoms with Crippen LogP contribution in [0, 0.1) is 0 Å². The maximum atomic E-state index is 12.2. The van der Waals surface area contributed by atoms with Crippen LogP contribution in [0.4, 0.5) is 5.13 Å². The second kappa shape index (κ2) is 8.17. The van der Waals surface area contributed by atoms with Crippen LogP contribution >= 0.6 is 34.3 Å². The third-order valence-corrected chi connectivity index (χ3v) is 7.21. The molecule has 0 saturated heterocycles. The van der Waals surface area contributed by atoms with E-state index in [1.807, 2.05) is 12.1 Å². The summed E-state index contributed by atoms with van der Waals surface area (Å²) in [7, 11) is -3.66. The lowest BCUT2D eigenvalue weighted by atomic mass is 10.1. The average molecular weight is 428 g/mol. The van der Waals surface area contributed by atoms with Crippen LogP contribution in [0.1, 0.15) is 16.1 Å². The topological polar surface area (TPSA) is 88.2 Å². The second-order valence-corrected chi connectivity index (χ2v) is 9.36. The summed E-state index contributed by atoms with van der Waals surface area (Å²) < 4.78 is 26.9. The molecule has 0 bridgehead atoms. The number of hydrogen-bond donors (Lipinski definition) is 2. The van der Waals surface area contributed by atoms with Gasteiger partial charge < -0.3 is 5.32 Å². The number of halogens is 1. The SMILES string of the molecule is O=C(NCCc1ccc(Cl)cc1)c1csc(NS(=O)(=O)c2cccs2)n1. The number of carbonyl (C=O) groups is 1. The summed E-state index contributed by atoms with van der Waals surface area (Å²) in [5.41, 5.74) is 1.23. The summed E-state index contributed by atoms with van der Waals surface area (Å²) in [5.74, 6) is -0.350. The number of nitrogens with zero attached hydrogens (tertiary/aromatic N) is 1. The van der Waals surface area contributed by atoms with Crippen molar-refractivity contribution in [2.24, 2.45) is 0 Å². The van der Waals surface area contributed by atoms with Gasteiger partial charge in [-0.05, 0) is 35.6 Å². The lowest BCUT2D eigenvalue weighted by Crippen LogP contribution is -2.26. The predicted molar refractivity (Wildman–Crippen MR) is 105 cm³/mol. The lowest BCUT2D eigenvalue weighted by molar-refractivity contribution is 0.0950. The fraction of sp³-hybridized carbons (Fsp3) is 0.125. The van der Waals surface area contributed by atoms with Gasteiger partial charge in [0.2, 0.25) is 0 Å². The van der Waals surface area contributed by atoms with E-state index >= 15 is 0 Å². The Morgan fingerprint density at radius 1 is 1.15 bits per heavy atom. The van der Waals surface area contributed by atoms with Gasteiger partial charge >= 0.3 is 0 Å². The van der Waals surface area contributed by atoms with Crippen LogP contribution in [0.15, 0.2) is 51.4 Å². The number of aromatic nitrogens is 1. The molecule has 1 amide bonds. The van der Waals surface area contributed by atoms with Crippen LogP contribution in [0.2, 0.25) is 5.02 Å². The van der Waals surface area contributed by atoms with Gasteiger partial charge in [0.05, 0.1) is 0 Å². The lowest BCUT2D eigenvalue weighted by Gasteiger charge is -2.04. The van der Waals surface area contributed by atoms with Crippen LogP contribution < -0.4 is 10.0 Å². The monoisotopic (exact) mass is 427 g/mol. The molecule has 3 aromatic rings. The molecule has 0 aliphatic rings. The molecule has 1 aromatic carbocycles. The van der Waals surface area contributed by atoms with Crippen molar-refractivity contribution in [3.63, 3.8) is 0 Å². The molecule has 0 fully saturated rings. The van der Waals surface area contributed by atoms with Crippen LogP contribution in [-0.2, 0) is 16.4 Å². The molecule has 2 heterocycles. The highest BCUT2D eigenvalue weighted by Crippen LogP contribution is 2.22. The number of nitrogens with one attached hydrogen (secondary N) is 2. The van der Waals surface area contributed by atoms with E-state index in [2.05, 4.69) is 15.0 Å². The number of anilines is 1. The van der Waals surface area contributed by atoms with Gasteiger partial charge in [0.15, 0.2) is 5.13 Å². The molecular formula is C16H14ClN3O3S3. The van der Waals surface area contributed by atoms with E-state index in [1.165, 1.54) is 11.4 Å². The molecule has 2 aromatic heterocycles. The summed E-state index contributed by atoms with van der Waals surface area (Å²) in [6, 6.07) is 10.5. The molecule has 2 N–H and O–H groups in total. The smallest absolute Gasteiger partial charge is 0.273 e. The minimum atomic E-state index is -3.66. The number of benzene rings is 1. The highest BCUT2D eigenvalue weighted by molar-refractivity contribution is 7.94. The van der Waals surface area contributed by atoms with Crippen molar-refractivity contribution >= 4 is 55.3 Å². The Bertz CT molecular complexity index is 983. The van der Waals surface area contributed by atoms with Gasteiger partial charge in [-0.2, -0.15) is 0 Å². The minimum absolute atomic E-state index is 0.154. The Morgan fingerprint density at radius 3 is 2.62 bits per heavy atom. The van der Waals surface area contributed by atoms with Crippen molar-refractivity contribution < 1.29 is 13.2 Å². The minimum Gasteiger partial charge on any atom is -0.350 e. The summed E-state index contributed by atoms with van der Waals surface area (Å²) >= 11 is 8.00. The highest BCUT2D eigenvalue weighted by atomic mass is 35.5. The number of thiophene rings is 1. The maximum absolute atomic E-state index is 12.2. The van der Waals surface area contributed by atoms with E-state index in [1.54, 1.807) is 23.6 Å². The molecule has 0 unspecified atom stereocenters. The number of thiazole rings is 1. The summed E-state index contributed by atoms with van der Waals surface area (Å²) in [6.07, 6.45) is 0.658. The quantitative estimate of drug-likeness (QED) is 0.602. The number of sulfonamides is 1. The first-order valence-electron chi connectivity index (χ1n) is 7.48. The van der Waals surface area contributed by atoms with E-state index in [-0.39, 0.29) is 20.9 Å². The number of rotatable bonds is 7. The van der Waals surface area contributed by atoms with E-state index < -0.39 is 10.0 Å². The fourth-order valence-corrected chi connectivity index (χ4v) is 5.13. The fourth-order valence-electron chi connectivity index (χ4n) is 2.07. The Balaban J connectivity index is 1.55. The molecule has 6 nitrogen and oxygen atoms in total. The second-order valence-electron chi connectivity index (χ2n) is 5.21. The predicted octanol–water partition coefficient (Wildman–Crippen LogP) is 3.63. The Labute approximate surface area is 163 Å². The van der Waals surface area contributed by atoms with Gasteiger partial charge in [0.1, 0.15) is 9.90 Å². The van der Waals surface area contributed by atoms with Gasteiger partial charge in [0, 0.05) is 16.9 Å². The Morgan fingerprint density at radius 2 is 1.92 bits per heavy atom. The first-order valence-corrected chi connectivity index (χ1v) is 11.1. The largest absolute Gasteiger partial charge is 0.350 e. The van der Waals surface area contributed by atoms with E-state index in [9.17, 15) is 13.2 Å². The van der Waals surface area contributed by atoms with Crippen LogP contribution in [-0.4, -0.2) is 25.9 Å². The number of hydrogen-bond acceptors (Lipinski definition) is 6. The zero-order valence-electron chi connectivity index (χ0n) is 13.3. The maximum Gasteiger partial charge on any atom is 0.273 e. The Kier molecular flexibility index (Phi) is 5.92. The molecule has 0 saturated carbocycles. The Hall–Kier alpha value is -1.94. The van der Waals surface area contributed by atoms with Gasteiger partial charge in [0.25, 0.3) is 15.9 Å². The van der Waals surface area contributed by atoms with E-state index in [0.717, 1.165) is 28.2 Å². The molecule has 10 heteroatoms. The highest BCUT2D eigenvalue weighted by Gasteiger charge is 2.18. The average Bonchev–Trinajstić information content (AvgIpc) is 3.28. The zero-order chi connectivity index (χ0) is 18.6. The third-order valence-electron chi connectivity index (χ3n) is 3.33. The number of carbonyl (C=O) groups excluding carboxylic acids is 1. The molecule has 3 rings (SSSR count). The third kappa shape index (κ3) is 4.82. The van der Waals surface area contributed by atoms with Gasteiger partial charge in [-0.15, -0.1) is 22.7 Å². The first kappa shape index (κ1) is 18.8. The first-order chi connectivity index (χ1) is 12.4. The number of amides is 1. The van der Waals surface area contributed by atoms with Crippen LogP contribution in [0.3, 0.4) is 0 Å².